The molecule has 0 aliphatic heterocycles. The second-order valence-corrected chi connectivity index (χ2v) is 8.99. The summed E-state index contributed by atoms with van der Waals surface area (Å²) in [5.74, 6) is 0.937. The van der Waals surface area contributed by atoms with Crippen molar-refractivity contribution in [3.05, 3.63) is 20.8 Å². The van der Waals surface area contributed by atoms with Gasteiger partial charge in [-0.2, -0.15) is 11.8 Å². The topological polar surface area (TPSA) is 27.6 Å². The highest BCUT2D eigenvalue weighted by molar-refractivity contribution is 14.0. The highest BCUT2D eigenvalue weighted by Gasteiger charge is 2.17. The molecular formula is C13H23BrIN3S2. The smallest absolute Gasteiger partial charge is 0.193 e. The van der Waals surface area contributed by atoms with Crippen molar-refractivity contribution in [1.29, 1.82) is 0 Å². The number of thiophene rings is 1. The second kappa shape index (κ2) is 9.53. The van der Waals surface area contributed by atoms with E-state index < -0.39 is 0 Å². The van der Waals surface area contributed by atoms with E-state index in [0.717, 1.165) is 19.0 Å². The number of nitrogens with one attached hydrogen (secondary N) is 1. The fourth-order valence-corrected chi connectivity index (χ4v) is 3.25. The number of halogens is 2. The maximum Gasteiger partial charge on any atom is 0.193 e. The molecule has 20 heavy (non-hydrogen) atoms. The summed E-state index contributed by atoms with van der Waals surface area (Å²) in [5.41, 5.74) is 0. The predicted octanol–water partition coefficient (Wildman–Crippen LogP) is 4.28. The minimum Gasteiger partial charge on any atom is -0.355 e. The first-order chi connectivity index (χ1) is 8.88. The highest BCUT2D eigenvalue weighted by atomic mass is 127. The van der Waals surface area contributed by atoms with Gasteiger partial charge < -0.3 is 10.2 Å². The Labute approximate surface area is 156 Å². The minimum atomic E-state index is 0. The van der Waals surface area contributed by atoms with Crippen molar-refractivity contribution >= 4 is 69.0 Å². The summed E-state index contributed by atoms with van der Waals surface area (Å²) >= 11 is 7.11. The van der Waals surface area contributed by atoms with Gasteiger partial charge >= 0.3 is 0 Å². The first-order valence-electron chi connectivity index (χ1n) is 6.09. The van der Waals surface area contributed by atoms with Gasteiger partial charge in [-0.05, 0) is 48.2 Å². The lowest BCUT2D eigenvalue weighted by Gasteiger charge is -2.27. The van der Waals surface area contributed by atoms with Crippen LogP contribution in [0.15, 0.2) is 20.9 Å². The van der Waals surface area contributed by atoms with Crippen molar-refractivity contribution in [3.63, 3.8) is 0 Å². The molecule has 3 nitrogen and oxygen atoms in total. The highest BCUT2D eigenvalue weighted by Crippen LogP contribution is 2.23. The van der Waals surface area contributed by atoms with E-state index in [9.17, 15) is 0 Å². The Morgan fingerprint density at radius 2 is 2.15 bits per heavy atom. The molecule has 1 aromatic heterocycles. The Kier molecular flexibility index (Phi) is 9.78. The van der Waals surface area contributed by atoms with Gasteiger partial charge in [0.25, 0.3) is 0 Å². The Morgan fingerprint density at radius 3 is 2.60 bits per heavy atom. The van der Waals surface area contributed by atoms with E-state index in [1.807, 2.05) is 18.8 Å². The van der Waals surface area contributed by atoms with Crippen molar-refractivity contribution in [1.82, 2.24) is 10.2 Å². The monoisotopic (exact) mass is 491 g/mol. The molecule has 0 spiro atoms. The lowest BCUT2D eigenvalue weighted by atomic mass is 10.2. The zero-order chi connectivity index (χ0) is 14.5. The van der Waals surface area contributed by atoms with E-state index in [1.165, 1.54) is 8.66 Å². The third-order valence-corrected chi connectivity index (χ3v) is 5.68. The molecule has 1 heterocycles. The zero-order valence-electron chi connectivity index (χ0n) is 12.6. The number of nitrogens with zero attached hydrogens (tertiary/aromatic N) is 2. The molecule has 7 heteroatoms. The van der Waals surface area contributed by atoms with Gasteiger partial charge in [0.1, 0.15) is 0 Å². The van der Waals surface area contributed by atoms with Crippen molar-refractivity contribution in [2.24, 2.45) is 4.99 Å². The number of guanidine groups is 1. The number of hydrogen-bond donors (Lipinski definition) is 1. The number of aliphatic imine (C=N–C) groups is 1. The SMILES string of the molecule is CN=C(NCC(C)(C)SC)N(C)Cc1ccc(Br)s1.I. The van der Waals surface area contributed by atoms with E-state index >= 15 is 0 Å². The van der Waals surface area contributed by atoms with Gasteiger partial charge in [0.15, 0.2) is 5.96 Å². The molecule has 116 valence electrons. The van der Waals surface area contributed by atoms with E-state index in [-0.39, 0.29) is 28.7 Å². The van der Waals surface area contributed by atoms with Crippen LogP contribution >= 0.6 is 63.0 Å². The Hall–Kier alpha value is 0.530. The summed E-state index contributed by atoms with van der Waals surface area (Å²) in [7, 11) is 3.89. The summed E-state index contributed by atoms with van der Waals surface area (Å²) < 4.78 is 1.38. The van der Waals surface area contributed by atoms with Gasteiger partial charge in [-0.1, -0.05) is 0 Å². The fourth-order valence-electron chi connectivity index (χ4n) is 1.49. The Morgan fingerprint density at radius 1 is 1.50 bits per heavy atom. The molecule has 0 aromatic carbocycles. The molecule has 0 amide bonds. The van der Waals surface area contributed by atoms with Crippen LogP contribution in [0.3, 0.4) is 0 Å². The summed E-state index contributed by atoms with van der Waals surface area (Å²) in [5, 5.41) is 3.44. The molecule has 0 radical (unpaired) electrons. The van der Waals surface area contributed by atoms with Crippen molar-refractivity contribution in [3.8, 4) is 0 Å². The van der Waals surface area contributed by atoms with E-state index in [1.54, 1.807) is 11.3 Å². The Balaban J connectivity index is 0.00000361. The molecule has 1 rings (SSSR count). The molecule has 0 atom stereocenters. The van der Waals surface area contributed by atoms with Gasteiger partial charge in [0, 0.05) is 30.3 Å². The summed E-state index contributed by atoms with van der Waals surface area (Å²) in [6, 6.07) is 4.23. The second-order valence-electron chi connectivity index (χ2n) is 4.93. The van der Waals surface area contributed by atoms with Crippen molar-refractivity contribution in [2.75, 3.05) is 26.9 Å². The predicted molar refractivity (Wildman–Crippen MR) is 108 cm³/mol. The minimum absolute atomic E-state index is 0. The van der Waals surface area contributed by atoms with Crippen LogP contribution in [-0.2, 0) is 6.54 Å². The van der Waals surface area contributed by atoms with Crippen LogP contribution < -0.4 is 5.32 Å². The molecule has 1 N–H and O–H groups in total. The zero-order valence-corrected chi connectivity index (χ0v) is 18.1. The molecular weight excluding hydrogens is 469 g/mol. The third-order valence-electron chi connectivity index (χ3n) is 2.82. The largest absolute Gasteiger partial charge is 0.355 e. The van der Waals surface area contributed by atoms with Crippen LogP contribution in [0.2, 0.25) is 0 Å². The fraction of sp³-hybridized carbons (Fsp3) is 0.615. The van der Waals surface area contributed by atoms with Crippen molar-refractivity contribution < 1.29 is 0 Å². The quantitative estimate of drug-likeness (QED) is 0.378. The maximum absolute atomic E-state index is 4.34. The van der Waals surface area contributed by atoms with Crippen LogP contribution in [0.4, 0.5) is 0 Å². The van der Waals surface area contributed by atoms with E-state index in [0.29, 0.717) is 0 Å². The van der Waals surface area contributed by atoms with E-state index in [4.69, 9.17) is 0 Å². The van der Waals surface area contributed by atoms with Gasteiger partial charge in [0.05, 0.1) is 10.3 Å². The normalized spacial score (nSPS) is 12.0. The molecule has 0 saturated carbocycles. The van der Waals surface area contributed by atoms with Crippen LogP contribution in [-0.4, -0.2) is 42.5 Å². The summed E-state index contributed by atoms with van der Waals surface area (Å²) in [6.07, 6.45) is 2.14. The first kappa shape index (κ1) is 20.5. The van der Waals surface area contributed by atoms with Crippen LogP contribution in [0.1, 0.15) is 18.7 Å². The number of rotatable bonds is 5. The Bertz CT molecular complexity index is 435. The molecule has 0 aliphatic carbocycles. The lowest BCUT2D eigenvalue weighted by molar-refractivity contribution is 0.476. The van der Waals surface area contributed by atoms with Gasteiger partial charge in [-0.3, -0.25) is 4.99 Å². The molecule has 0 unspecified atom stereocenters. The number of thioether (sulfide) groups is 1. The molecule has 0 saturated heterocycles. The van der Waals surface area contributed by atoms with Gasteiger partial charge in [0.2, 0.25) is 0 Å². The average Bonchev–Trinajstić information content (AvgIpc) is 2.75. The van der Waals surface area contributed by atoms with Crippen LogP contribution in [0, 0.1) is 0 Å². The molecule has 1 aromatic rings. The third kappa shape index (κ3) is 7.00. The van der Waals surface area contributed by atoms with Crippen molar-refractivity contribution in [2.45, 2.75) is 25.1 Å². The van der Waals surface area contributed by atoms with E-state index in [2.05, 4.69) is 70.4 Å². The molecule has 0 aliphatic rings. The lowest BCUT2D eigenvalue weighted by Crippen LogP contribution is -2.43. The standard InChI is InChI=1S/C13H22BrN3S2.HI/c1-13(2,18-5)9-16-12(15-3)17(4)8-10-6-7-11(14)19-10;/h6-7H,8-9H2,1-5H3,(H,15,16);1H. The number of hydrogen-bond acceptors (Lipinski definition) is 3. The van der Waals surface area contributed by atoms with Crippen LogP contribution in [0.25, 0.3) is 0 Å². The average molecular weight is 492 g/mol. The van der Waals surface area contributed by atoms with Gasteiger partial charge in [-0.25, -0.2) is 0 Å². The summed E-state index contributed by atoms with van der Waals surface area (Å²) in [6.45, 7) is 6.23. The molecule has 0 fully saturated rings. The maximum atomic E-state index is 4.34. The van der Waals surface area contributed by atoms with Crippen LogP contribution in [0.5, 0.6) is 0 Å². The summed E-state index contributed by atoms with van der Waals surface area (Å²) in [4.78, 5) is 7.81. The molecule has 0 bridgehead atoms. The first-order valence-corrected chi connectivity index (χ1v) is 8.92. The van der Waals surface area contributed by atoms with Gasteiger partial charge in [-0.15, -0.1) is 35.3 Å².